The van der Waals surface area contributed by atoms with Crippen molar-refractivity contribution < 1.29 is 13.2 Å². The molecule has 1 rings (SSSR count). The molecule has 0 nitrogen and oxygen atoms in total. The van der Waals surface area contributed by atoms with Gasteiger partial charge in [0.25, 0.3) is 0 Å². The van der Waals surface area contributed by atoms with Crippen molar-refractivity contribution in [3.05, 3.63) is 54.1 Å². The minimum Gasteiger partial charge on any atom is -0.166 e. The Labute approximate surface area is 86.7 Å². The lowest BCUT2D eigenvalue weighted by atomic mass is 10.1. The summed E-state index contributed by atoms with van der Waals surface area (Å²) in [6.07, 6.45) is 1.78. The molecule has 0 aliphatic carbocycles. The quantitative estimate of drug-likeness (QED) is 0.655. The van der Waals surface area contributed by atoms with Crippen molar-refractivity contribution in [3.8, 4) is 0 Å². The summed E-state index contributed by atoms with van der Waals surface area (Å²) in [7, 11) is 0. The van der Waals surface area contributed by atoms with Gasteiger partial charge < -0.3 is 0 Å². The number of rotatable bonds is 3. The second-order valence-corrected chi connectivity index (χ2v) is 3.05. The Hall–Kier alpha value is -1.51. The third-order valence-corrected chi connectivity index (χ3v) is 1.85. The molecule has 0 saturated heterocycles. The summed E-state index contributed by atoms with van der Waals surface area (Å²) in [5.41, 5.74) is 0.133. The second kappa shape index (κ2) is 4.82. The summed E-state index contributed by atoms with van der Waals surface area (Å²) >= 11 is 0. The summed E-state index contributed by atoms with van der Waals surface area (Å²) < 4.78 is 36.6. The van der Waals surface area contributed by atoms with Gasteiger partial charge in [-0.15, -0.1) is 6.58 Å². The molecule has 1 aromatic carbocycles. The largest absolute Gasteiger partial charge is 0.416 e. The zero-order valence-electron chi connectivity index (χ0n) is 8.09. The Morgan fingerprint density at radius 1 is 1.13 bits per heavy atom. The molecule has 0 fully saturated rings. The maximum Gasteiger partial charge on any atom is 0.416 e. The number of alkyl halides is 3. The molecule has 80 valence electrons. The van der Waals surface area contributed by atoms with E-state index in [9.17, 15) is 13.2 Å². The summed E-state index contributed by atoms with van der Waals surface area (Å²) in [6.45, 7) is 3.54. The van der Waals surface area contributed by atoms with Crippen LogP contribution in [-0.4, -0.2) is 0 Å². The third kappa shape index (κ3) is 3.62. The fourth-order valence-electron chi connectivity index (χ4n) is 1.08. The molecule has 0 aliphatic heterocycles. The van der Waals surface area contributed by atoms with Gasteiger partial charge in [0.2, 0.25) is 0 Å². The number of allylic oxidation sites excluding steroid dienone is 2. The number of hydrogen-bond acceptors (Lipinski definition) is 0. The molecule has 15 heavy (non-hydrogen) atoms. The Morgan fingerprint density at radius 3 is 2.20 bits per heavy atom. The lowest BCUT2D eigenvalue weighted by Gasteiger charge is -2.05. The second-order valence-electron chi connectivity index (χ2n) is 3.05. The van der Waals surface area contributed by atoms with Crippen molar-refractivity contribution in [3.63, 3.8) is 0 Å². The van der Waals surface area contributed by atoms with E-state index in [1.807, 2.05) is 6.08 Å². The van der Waals surface area contributed by atoms with E-state index in [1.165, 1.54) is 12.1 Å². The van der Waals surface area contributed by atoms with Crippen LogP contribution in [0, 0.1) is 0 Å². The fourth-order valence-corrected chi connectivity index (χ4v) is 1.08. The van der Waals surface area contributed by atoms with Gasteiger partial charge in [0, 0.05) is 0 Å². The molecule has 0 unspecified atom stereocenters. The molecule has 0 spiro atoms. The van der Waals surface area contributed by atoms with Crippen molar-refractivity contribution in [2.45, 2.75) is 12.6 Å². The zero-order valence-corrected chi connectivity index (χ0v) is 8.09. The van der Waals surface area contributed by atoms with Crippen LogP contribution in [0.1, 0.15) is 17.5 Å². The zero-order chi connectivity index (χ0) is 11.3. The Kier molecular flexibility index (Phi) is 3.72. The molecule has 0 aliphatic rings. The Morgan fingerprint density at radius 2 is 1.73 bits per heavy atom. The number of halogens is 3. The highest BCUT2D eigenvalue weighted by Crippen LogP contribution is 2.29. The molecule has 0 amide bonds. The molecule has 0 saturated carbocycles. The van der Waals surface area contributed by atoms with Gasteiger partial charge in [-0.1, -0.05) is 30.4 Å². The Balaban J connectivity index is 2.77. The molecule has 0 heterocycles. The highest BCUT2D eigenvalue weighted by Gasteiger charge is 2.29. The van der Waals surface area contributed by atoms with Gasteiger partial charge in [-0.3, -0.25) is 0 Å². The Bertz CT molecular complexity index is 344. The van der Waals surface area contributed by atoms with E-state index in [-0.39, 0.29) is 0 Å². The summed E-state index contributed by atoms with van der Waals surface area (Å²) in [5.74, 6) is 0. The van der Waals surface area contributed by atoms with E-state index in [0.717, 1.165) is 17.7 Å². The van der Waals surface area contributed by atoms with Crippen LogP contribution < -0.4 is 0 Å². The molecule has 0 atom stereocenters. The fraction of sp³-hybridized carbons (Fsp3) is 0.167. The molecular weight excluding hydrogens is 201 g/mol. The van der Waals surface area contributed by atoms with Crippen LogP contribution in [0.15, 0.2) is 43.0 Å². The SMILES string of the molecule is C=CC/C=C/c1ccc(C(F)(F)F)cc1. The van der Waals surface area contributed by atoms with Crippen molar-refractivity contribution in [2.24, 2.45) is 0 Å². The van der Waals surface area contributed by atoms with E-state index in [0.29, 0.717) is 6.42 Å². The van der Waals surface area contributed by atoms with Crippen molar-refractivity contribution >= 4 is 6.08 Å². The minimum absolute atomic E-state index is 0.622. The van der Waals surface area contributed by atoms with Crippen LogP contribution >= 0.6 is 0 Å². The molecule has 0 aromatic heterocycles. The topological polar surface area (TPSA) is 0 Å². The average Bonchev–Trinajstić information content (AvgIpc) is 2.18. The van der Waals surface area contributed by atoms with Gasteiger partial charge >= 0.3 is 6.18 Å². The third-order valence-electron chi connectivity index (χ3n) is 1.85. The molecule has 0 radical (unpaired) electrons. The van der Waals surface area contributed by atoms with Crippen molar-refractivity contribution in [1.82, 2.24) is 0 Å². The number of benzene rings is 1. The normalized spacial score (nSPS) is 11.9. The van der Waals surface area contributed by atoms with Crippen LogP contribution in [0.3, 0.4) is 0 Å². The first-order valence-corrected chi connectivity index (χ1v) is 4.49. The van der Waals surface area contributed by atoms with Crippen LogP contribution in [0.5, 0.6) is 0 Å². The van der Waals surface area contributed by atoms with Crippen molar-refractivity contribution in [2.75, 3.05) is 0 Å². The first-order valence-electron chi connectivity index (χ1n) is 4.49. The molecule has 0 N–H and O–H groups in total. The lowest BCUT2D eigenvalue weighted by Crippen LogP contribution is -2.03. The van der Waals surface area contributed by atoms with E-state index in [1.54, 1.807) is 12.2 Å². The van der Waals surface area contributed by atoms with E-state index in [2.05, 4.69) is 6.58 Å². The first-order chi connectivity index (χ1) is 7.04. The highest BCUT2D eigenvalue weighted by atomic mass is 19.4. The monoisotopic (exact) mass is 212 g/mol. The molecular formula is C12H11F3. The standard InChI is InChI=1S/C12H11F3/c1-2-3-4-5-10-6-8-11(9-7-10)12(13,14)15/h2,4-9H,1,3H2/b5-4+. The van der Waals surface area contributed by atoms with E-state index < -0.39 is 11.7 Å². The van der Waals surface area contributed by atoms with Gasteiger partial charge in [-0.2, -0.15) is 13.2 Å². The summed E-state index contributed by atoms with van der Waals surface area (Å²) in [4.78, 5) is 0. The predicted molar refractivity (Wildman–Crippen MR) is 55.3 cm³/mol. The molecule has 0 bridgehead atoms. The van der Waals surface area contributed by atoms with Crippen LogP contribution in [0.2, 0.25) is 0 Å². The molecule has 1 aromatic rings. The predicted octanol–water partition coefficient (Wildman–Crippen LogP) is 4.29. The van der Waals surface area contributed by atoms with Crippen LogP contribution in [-0.2, 0) is 6.18 Å². The van der Waals surface area contributed by atoms with Gasteiger partial charge in [0.1, 0.15) is 0 Å². The van der Waals surface area contributed by atoms with Crippen LogP contribution in [0.4, 0.5) is 13.2 Å². The van der Waals surface area contributed by atoms with Gasteiger partial charge in [0.05, 0.1) is 5.56 Å². The van der Waals surface area contributed by atoms with E-state index in [4.69, 9.17) is 0 Å². The first kappa shape index (κ1) is 11.6. The lowest BCUT2D eigenvalue weighted by molar-refractivity contribution is -0.137. The number of hydrogen-bond donors (Lipinski definition) is 0. The van der Waals surface area contributed by atoms with Crippen LogP contribution in [0.25, 0.3) is 6.08 Å². The smallest absolute Gasteiger partial charge is 0.166 e. The van der Waals surface area contributed by atoms with Gasteiger partial charge in [-0.05, 0) is 24.1 Å². The van der Waals surface area contributed by atoms with Gasteiger partial charge in [-0.25, -0.2) is 0 Å². The highest BCUT2D eigenvalue weighted by molar-refractivity contribution is 5.50. The van der Waals surface area contributed by atoms with Crippen molar-refractivity contribution in [1.29, 1.82) is 0 Å². The maximum atomic E-state index is 12.2. The summed E-state index contributed by atoms with van der Waals surface area (Å²) in [5, 5.41) is 0. The minimum atomic E-state index is -4.26. The molecule has 3 heteroatoms. The summed E-state index contributed by atoms with van der Waals surface area (Å²) in [6, 6.07) is 5.05. The van der Waals surface area contributed by atoms with E-state index >= 15 is 0 Å². The van der Waals surface area contributed by atoms with Gasteiger partial charge in [0.15, 0.2) is 0 Å². The maximum absolute atomic E-state index is 12.2. The average molecular weight is 212 g/mol.